The van der Waals surface area contributed by atoms with E-state index in [1.165, 1.54) is 27.8 Å². The highest BCUT2D eigenvalue weighted by Crippen LogP contribution is 2.18. The first-order valence-electron chi connectivity index (χ1n) is 9.34. The zero-order chi connectivity index (χ0) is 18.3. The molecule has 1 aromatic carbocycles. The molecule has 3 aliphatic rings. The average molecular weight is 350 g/mol. The Bertz CT molecular complexity index is 880. The number of aromatic nitrogens is 2. The lowest BCUT2D eigenvalue weighted by molar-refractivity contribution is 1.21. The molecule has 0 spiro atoms. The van der Waals surface area contributed by atoms with Gasteiger partial charge in [-0.05, 0) is 65.3 Å². The van der Waals surface area contributed by atoms with Gasteiger partial charge in [0.2, 0.25) is 0 Å². The highest BCUT2D eigenvalue weighted by Gasteiger charge is 2.02. The topological polar surface area (TPSA) is 25.8 Å². The Hall–Kier alpha value is -3.26. The minimum atomic E-state index is 1.06. The van der Waals surface area contributed by atoms with E-state index < -0.39 is 0 Å². The summed E-state index contributed by atoms with van der Waals surface area (Å²) in [5.74, 6) is 0. The summed E-state index contributed by atoms with van der Waals surface area (Å²) in [6, 6.07) is 14.7. The minimum Gasteiger partial charge on any atom is -0.264 e. The molecule has 6 rings (SSSR count). The molecule has 0 radical (unpaired) electrons. The van der Waals surface area contributed by atoms with E-state index >= 15 is 0 Å². The van der Waals surface area contributed by atoms with Crippen molar-refractivity contribution >= 4 is 18.2 Å². The molecule has 0 bridgehead atoms. The average Bonchev–Trinajstić information content (AvgIpc) is 3.48. The van der Waals surface area contributed by atoms with Gasteiger partial charge in [0.15, 0.2) is 0 Å². The van der Waals surface area contributed by atoms with Crippen LogP contribution in [-0.4, -0.2) is 9.97 Å². The Morgan fingerprint density at radius 1 is 0.593 bits per heavy atom. The first-order valence-corrected chi connectivity index (χ1v) is 9.34. The summed E-state index contributed by atoms with van der Waals surface area (Å²) in [4.78, 5) is 8.18. The molecule has 0 saturated carbocycles. The van der Waals surface area contributed by atoms with Gasteiger partial charge < -0.3 is 0 Å². The van der Waals surface area contributed by atoms with Crippen LogP contribution in [0.25, 0.3) is 18.2 Å². The minimum absolute atomic E-state index is 1.06. The third kappa shape index (κ3) is 4.29. The molecule has 0 aliphatic heterocycles. The van der Waals surface area contributed by atoms with E-state index in [0.717, 1.165) is 25.0 Å². The molecule has 2 nitrogen and oxygen atoms in total. The second kappa shape index (κ2) is 8.41. The molecule has 2 heteroatoms. The van der Waals surface area contributed by atoms with Gasteiger partial charge in [0, 0.05) is 18.6 Å². The molecule has 0 atom stereocenters. The SMILES string of the molecule is C1=Cc2ccccc2C1.C1=Cc2cnccc2C1.C1=Cc2ncccc2C1. The number of pyridine rings is 2. The van der Waals surface area contributed by atoms with Crippen LogP contribution in [0.1, 0.15) is 33.5 Å². The van der Waals surface area contributed by atoms with E-state index in [0.29, 0.717) is 0 Å². The van der Waals surface area contributed by atoms with Crippen molar-refractivity contribution in [2.24, 2.45) is 0 Å². The van der Waals surface area contributed by atoms with Crippen molar-refractivity contribution in [2.45, 2.75) is 19.3 Å². The molecule has 27 heavy (non-hydrogen) atoms. The summed E-state index contributed by atoms with van der Waals surface area (Å²) in [6.07, 6.45) is 21.7. The Kier molecular flexibility index (Phi) is 5.35. The second-order valence-corrected chi connectivity index (χ2v) is 6.64. The van der Waals surface area contributed by atoms with Gasteiger partial charge in [-0.1, -0.05) is 60.7 Å². The fourth-order valence-corrected chi connectivity index (χ4v) is 3.35. The van der Waals surface area contributed by atoms with Crippen molar-refractivity contribution in [3.8, 4) is 0 Å². The number of fused-ring (bicyclic) bond motifs is 3. The number of allylic oxidation sites excluding steroid dienone is 3. The predicted octanol–water partition coefficient (Wildman–Crippen LogP) is 5.56. The van der Waals surface area contributed by atoms with Crippen LogP contribution in [0.15, 0.2) is 79.3 Å². The third-order valence-corrected chi connectivity index (χ3v) is 4.81. The smallest absolute Gasteiger partial charge is 0.0661 e. The largest absolute Gasteiger partial charge is 0.264 e. The molecule has 2 aromatic heterocycles. The van der Waals surface area contributed by atoms with Gasteiger partial charge >= 0.3 is 0 Å². The lowest BCUT2D eigenvalue weighted by atomic mass is 10.1. The van der Waals surface area contributed by atoms with Gasteiger partial charge in [0.25, 0.3) is 0 Å². The first-order chi connectivity index (χ1) is 13.4. The summed E-state index contributed by atoms with van der Waals surface area (Å²) < 4.78 is 0. The van der Waals surface area contributed by atoms with Crippen LogP contribution in [0.3, 0.4) is 0 Å². The molecule has 0 saturated heterocycles. The quantitative estimate of drug-likeness (QED) is 0.530. The predicted molar refractivity (Wildman–Crippen MR) is 113 cm³/mol. The van der Waals surface area contributed by atoms with Crippen molar-refractivity contribution in [3.05, 3.63) is 113 Å². The van der Waals surface area contributed by atoms with E-state index in [-0.39, 0.29) is 0 Å². The number of benzene rings is 1. The van der Waals surface area contributed by atoms with Gasteiger partial charge in [0.05, 0.1) is 5.69 Å². The zero-order valence-electron chi connectivity index (χ0n) is 15.3. The van der Waals surface area contributed by atoms with Crippen molar-refractivity contribution in [1.29, 1.82) is 0 Å². The highest BCUT2D eigenvalue weighted by molar-refractivity contribution is 5.59. The summed E-state index contributed by atoms with van der Waals surface area (Å²) in [7, 11) is 0. The molecule has 0 N–H and O–H groups in total. The molecule has 2 heterocycles. The highest BCUT2D eigenvalue weighted by atomic mass is 14.7. The van der Waals surface area contributed by atoms with Gasteiger partial charge in [-0.3, -0.25) is 9.97 Å². The van der Waals surface area contributed by atoms with Gasteiger partial charge in [0.1, 0.15) is 0 Å². The Morgan fingerprint density at radius 2 is 1.30 bits per heavy atom. The maximum atomic E-state index is 4.17. The van der Waals surface area contributed by atoms with Crippen molar-refractivity contribution in [1.82, 2.24) is 9.97 Å². The van der Waals surface area contributed by atoms with E-state index in [2.05, 4.69) is 82.8 Å². The van der Waals surface area contributed by atoms with Crippen molar-refractivity contribution in [2.75, 3.05) is 0 Å². The van der Waals surface area contributed by atoms with Crippen LogP contribution in [0.5, 0.6) is 0 Å². The van der Waals surface area contributed by atoms with Gasteiger partial charge in [-0.2, -0.15) is 0 Å². The van der Waals surface area contributed by atoms with Crippen molar-refractivity contribution < 1.29 is 0 Å². The normalized spacial score (nSPS) is 13.8. The van der Waals surface area contributed by atoms with E-state index in [1.807, 2.05) is 24.7 Å². The molecule has 3 aliphatic carbocycles. The molecule has 0 fully saturated rings. The molecular formula is C25H22N2. The van der Waals surface area contributed by atoms with E-state index in [9.17, 15) is 0 Å². The van der Waals surface area contributed by atoms with Crippen molar-refractivity contribution in [3.63, 3.8) is 0 Å². The van der Waals surface area contributed by atoms with E-state index in [4.69, 9.17) is 0 Å². The summed E-state index contributed by atoms with van der Waals surface area (Å²) in [5, 5.41) is 0. The van der Waals surface area contributed by atoms with Crippen LogP contribution in [-0.2, 0) is 19.3 Å². The standard InChI is InChI=1S/C9H8.2C8H7N/c1-2-5-9-7-3-6-8(9)4-1;1-3-7-4-2-6-9-8(7)5-1;1-2-7-4-5-9-6-8(7)3-1/h1-6H,7H2;1-2,4-6H,3H2;1,3-6H,2H2. The van der Waals surface area contributed by atoms with Gasteiger partial charge in [-0.15, -0.1) is 0 Å². The Morgan fingerprint density at radius 3 is 2.11 bits per heavy atom. The third-order valence-electron chi connectivity index (χ3n) is 4.81. The molecule has 0 amide bonds. The van der Waals surface area contributed by atoms with Crippen LogP contribution in [0.2, 0.25) is 0 Å². The van der Waals surface area contributed by atoms with Crippen LogP contribution < -0.4 is 0 Å². The summed E-state index contributed by atoms with van der Waals surface area (Å²) >= 11 is 0. The fraction of sp³-hybridized carbons (Fsp3) is 0.120. The van der Waals surface area contributed by atoms with E-state index in [1.54, 1.807) is 0 Å². The molecule has 132 valence electrons. The number of hydrogen-bond donors (Lipinski definition) is 0. The second-order valence-electron chi connectivity index (χ2n) is 6.64. The maximum absolute atomic E-state index is 4.17. The number of hydrogen-bond acceptors (Lipinski definition) is 2. The Balaban J connectivity index is 0.0000001000. The first kappa shape index (κ1) is 17.2. The zero-order valence-corrected chi connectivity index (χ0v) is 15.3. The van der Waals surface area contributed by atoms with Crippen LogP contribution >= 0.6 is 0 Å². The van der Waals surface area contributed by atoms with Gasteiger partial charge in [-0.25, -0.2) is 0 Å². The monoisotopic (exact) mass is 350 g/mol. The summed E-state index contributed by atoms with van der Waals surface area (Å²) in [5.41, 5.74) is 7.99. The molecule has 3 aromatic rings. The molecule has 0 unspecified atom stereocenters. The lowest BCUT2D eigenvalue weighted by Gasteiger charge is -1.93. The van der Waals surface area contributed by atoms with Crippen LogP contribution in [0.4, 0.5) is 0 Å². The molecular weight excluding hydrogens is 328 g/mol. The number of rotatable bonds is 0. The lowest BCUT2D eigenvalue weighted by Crippen LogP contribution is -1.82. The number of nitrogens with zero attached hydrogens (tertiary/aromatic N) is 2. The maximum Gasteiger partial charge on any atom is 0.0661 e. The van der Waals surface area contributed by atoms with Crippen LogP contribution in [0, 0.1) is 0 Å². The fourth-order valence-electron chi connectivity index (χ4n) is 3.35. The Labute approximate surface area is 160 Å². The summed E-state index contributed by atoms with van der Waals surface area (Å²) in [6.45, 7) is 0.